The van der Waals surface area contributed by atoms with Crippen molar-refractivity contribution in [1.82, 2.24) is 9.29 Å². The van der Waals surface area contributed by atoms with E-state index in [0.717, 1.165) is 16.6 Å². The van der Waals surface area contributed by atoms with E-state index in [1.165, 1.54) is 41.0 Å². The number of rotatable bonds is 3. The summed E-state index contributed by atoms with van der Waals surface area (Å²) in [6.45, 7) is 0.377. The van der Waals surface area contributed by atoms with Crippen LogP contribution in [0.3, 0.4) is 0 Å². The van der Waals surface area contributed by atoms with E-state index >= 15 is 0 Å². The number of nitrogens with zero attached hydrogens (tertiary/aromatic N) is 2. The number of anilines is 1. The third-order valence-corrected chi connectivity index (χ3v) is 6.36. The number of fused-ring (bicyclic) bond motifs is 1. The lowest BCUT2D eigenvalue weighted by molar-refractivity contribution is 0.187. The fraction of sp³-hybridized carbons (Fsp3) is 0.286. The molecule has 0 aliphatic carbocycles. The topological polar surface area (TPSA) is 88.6 Å². The van der Waals surface area contributed by atoms with Gasteiger partial charge in [-0.3, -0.25) is 5.32 Å². The van der Waals surface area contributed by atoms with Crippen molar-refractivity contribution < 1.29 is 22.3 Å². The van der Waals surface area contributed by atoms with E-state index in [1.54, 1.807) is 0 Å². The largest absolute Gasteiger partial charge is 0.453 e. The summed E-state index contributed by atoms with van der Waals surface area (Å²) in [5.41, 5.74) is 0.747. The average Bonchev–Trinajstić information content (AvgIpc) is 2.95. The van der Waals surface area contributed by atoms with Crippen molar-refractivity contribution in [2.24, 2.45) is 0 Å². The maximum absolute atomic E-state index is 13.3. The Morgan fingerprint density at radius 3 is 2.96 bits per heavy atom. The van der Waals surface area contributed by atoms with Crippen LogP contribution in [0.1, 0.15) is 10.6 Å². The molecule has 0 saturated heterocycles. The molecule has 7 nitrogen and oxygen atoms in total. The Balaban J connectivity index is 1.83. The standard InChI is InChI=1S/C14H14FN3O4S2/c1-22-14(19)17-13-16-11-5-6-18(8-12(11)23-13)24(20,21)10-4-2-3-9(15)7-10/h2-4,7H,5-6,8H2,1H3,(H,16,17,19). The van der Waals surface area contributed by atoms with Crippen LogP contribution in [0.2, 0.25) is 0 Å². The number of hydrogen-bond acceptors (Lipinski definition) is 6. The molecular weight excluding hydrogens is 357 g/mol. The molecule has 1 aliphatic heterocycles. The SMILES string of the molecule is COC(=O)Nc1nc2c(s1)CN(S(=O)(=O)c1cccc(F)c1)CC2. The van der Waals surface area contributed by atoms with Gasteiger partial charge in [0.15, 0.2) is 5.13 Å². The van der Waals surface area contributed by atoms with E-state index in [4.69, 9.17) is 0 Å². The Bertz CT molecular complexity index is 882. The third kappa shape index (κ3) is 3.25. The van der Waals surface area contributed by atoms with E-state index in [0.29, 0.717) is 11.6 Å². The van der Waals surface area contributed by atoms with Crippen LogP contribution in [0.5, 0.6) is 0 Å². The van der Waals surface area contributed by atoms with Crippen molar-refractivity contribution in [3.63, 3.8) is 0 Å². The monoisotopic (exact) mass is 371 g/mol. The predicted octanol–water partition coefficient (Wildman–Crippen LogP) is 2.21. The van der Waals surface area contributed by atoms with Crippen LogP contribution in [0.25, 0.3) is 0 Å². The highest BCUT2D eigenvalue weighted by atomic mass is 32.2. The first kappa shape index (κ1) is 16.8. The number of halogens is 1. The molecule has 1 aromatic heterocycles. The molecule has 1 aromatic carbocycles. The Hall–Kier alpha value is -2.04. The molecule has 2 aromatic rings. The lowest BCUT2D eigenvalue weighted by Crippen LogP contribution is -2.35. The molecule has 0 spiro atoms. The number of carbonyl (C=O) groups excluding carboxylic acids is 1. The summed E-state index contributed by atoms with van der Waals surface area (Å²) in [6, 6.07) is 4.93. The van der Waals surface area contributed by atoms with Gasteiger partial charge in [-0.25, -0.2) is 22.6 Å². The molecule has 128 valence electrons. The molecule has 24 heavy (non-hydrogen) atoms. The molecule has 2 heterocycles. The van der Waals surface area contributed by atoms with Crippen LogP contribution >= 0.6 is 11.3 Å². The summed E-state index contributed by atoms with van der Waals surface area (Å²) in [7, 11) is -2.54. The van der Waals surface area contributed by atoms with E-state index in [9.17, 15) is 17.6 Å². The first-order valence-electron chi connectivity index (χ1n) is 6.99. The van der Waals surface area contributed by atoms with Gasteiger partial charge in [0.2, 0.25) is 10.0 Å². The maximum atomic E-state index is 13.3. The van der Waals surface area contributed by atoms with Crippen LogP contribution in [0.15, 0.2) is 29.2 Å². The van der Waals surface area contributed by atoms with Crippen molar-refractivity contribution in [3.8, 4) is 0 Å². The Labute approximate surface area is 142 Å². The normalized spacial score (nSPS) is 14.9. The zero-order chi connectivity index (χ0) is 17.3. The smallest absolute Gasteiger partial charge is 0.413 e. The van der Waals surface area contributed by atoms with E-state index in [-0.39, 0.29) is 18.0 Å². The van der Waals surface area contributed by atoms with Gasteiger partial charge in [0.05, 0.1) is 24.2 Å². The second-order valence-corrected chi connectivity index (χ2v) is 8.07. The van der Waals surface area contributed by atoms with Gasteiger partial charge in [-0.05, 0) is 18.2 Å². The van der Waals surface area contributed by atoms with Crippen LogP contribution in [0.4, 0.5) is 14.3 Å². The van der Waals surface area contributed by atoms with E-state index in [2.05, 4.69) is 15.0 Å². The third-order valence-electron chi connectivity index (χ3n) is 3.52. The summed E-state index contributed by atoms with van der Waals surface area (Å²) < 4.78 is 44.4. The number of sulfonamides is 1. The van der Waals surface area contributed by atoms with Crippen molar-refractivity contribution >= 4 is 32.6 Å². The predicted molar refractivity (Wildman–Crippen MR) is 85.8 cm³/mol. The van der Waals surface area contributed by atoms with Crippen LogP contribution in [0, 0.1) is 5.82 Å². The van der Waals surface area contributed by atoms with Gasteiger partial charge in [-0.2, -0.15) is 4.31 Å². The van der Waals surface area contributed by atoms with Crippen molar-refractivity contribution in [2.75, 3.05) is 19.0 Å². The van der Waals surface area contributed by atoms with Crippen LogP contribution < -0.4 is 5.32 Å². The van der Waals surface area contributed by atoms with Crippen molar-refractivity contribution in [3.05, 3.63) is 40.7 Å². The first-order chi connectivity index (χ1) is 11.4. The summed E-state index contributed by atoms with van der Waals surface area (Å²) >= 11 is 1.19. The fourth-order valence-corrected chi connectivity index (χ4v) is 4.88. The number of nitrogens with one attached hydrogen (secondary N) is 1. The minimum absolute atomic E-state index is 0.0802. The molecule has 3 rings (SSSR count). The number of benzene rings is 1. The second kappa shape index (κ2) is 6.46. The summed E-state index contributed by atoms with van der Waals surface area (Å²) in [5, 5.41) is 2.83. The quantitative estimate of drug-likeness (QED) is 0.894. The number of hydrogen-bond donors (Lipinski definition) is 1. The molecule has 1 N–H and O–H groups in total. The first-order valence-corrected chi connectivity index (χ1v) is 9.25. The zero-order valence-corrected chi connectivity index (χ0v) is 14.3. The van der Waals surface area contributed by atoms with Gasteiger partial charge in [-0.1, -0.05) is 17.4 Å². The van der Waals surface area contributed by atoms with Crippen LogP contribution in [-0.4, -0.2) is 37.5 Å². The van der Waals surface area contributed by atoms with E-state index < -0.39 is 21.9 Å². The lowest BCUT2D eigenvalue weighted by atomic mass is 10.2. The summed E-state index contributed by atoms with van der Waals surface area (Å²) in [6.07, 6.45) is -0.214. The molecule has 0 radical (unpaired) electrons. The molecule has 1 amide bonds. The number of thiazole rings is 1. The minimum atomic E-state index is -3.79. The lowest BCUT2D eigenvalue weighted by Gasteiger charge is -2.25. The molecule has 0 unspecified atom stereocenters. The second-order valence-electron chi connectivity index (χ2n) is 5.05. The molecule has 10 heteroatoms. The van der Waals surface area contributed by atoms with Gasteiger partial charge in [0, 0.05) is 17.8 Å². The number of ether oxygens (including phenoxy) is 1. The highest BCUT2D eigenvalue weighted by molar-refractivity contribution is 7.89. The summed E-state index contributed by atoms with van der Waals surface area (Å²) in [5.74, 6) is -0.601. The Morgan fingerprint density at radius 1 is 1.46 bits per heavy atom. The zero-order valence-electron chi connectivity index (χ0n) is 12.7. The molecule has 1 aliphatic rings. The van der Waals surface area contributed by atoms with Gasteiger partial charge >= 0.3 is 6.09 Å². The van der Waals surface area contributed by atoms with Crippen LogP contribution in [-0.2, 0) is 27.7 Å². The van der Waals surface area contributed by atoms with Crippen molar-refractivity contribution in [2.45, 2.75) is 17.9 Å². The number of carbonyl (C=O) groups is 1. The minimum Gasteiger partial charge on any atom is -0.453 e. The van der Waals surface area contributed by atoms with E-state index in [1.807, 2.05) is 0 Å². The van der Waals surface area contributed by atoms with Crippen molar-refractivity contribution in [1.29, 1.82) is 0 Å². The Morgan fingerprint density at radius 2 is 2.25 bits per heavy atom. The molecule has 0 saturated carbocycles. The van der Waals surface area contributed by atoms with Gasteiger partial charge in [-0.15, -0.1) is 0 Å². The molecular formula is C14H14FN3O4S2. The summed E-state index contributed by atoms with van der Waals surface area (Å²) in [4.78, 5) is 16.2. The number of methoxy groups -OCH3 is 1. The van der Waals surface area contributed by atoms with Gasteiger partial charge in [0.1, 0.15) is 5.82 Å². The maximum Gasteiger partial charge on any atom is 0.413 e. The van der Waals surface area contributed by atoms with Gasteiger partial charge < -0.3 is 4.74 Å². The fourth-order valence-electron chi connectivity index (χ4n) is 2.35. The van der Waals surface area contributed by atoms with Gasteiger partial charge in [0.25, 0.3) is 0 Å². The molecule has 0 bridgehead atoms. The number of amides is 1. The molecule has 0 fully saturated rings. The molecule has 0 atom stereocenters. The highest BCUT2D eigenvalue weighted by Crippen LogP contribution is 2.31. The number of aromatic nitrogens is 1. The average molecular weight is 371 g/mol. The Kier molecular flexibility index (Phi) is 4.52. The highest BCUT2D eigenvalue weighted by Gasteiger charge is 2.30.